The minimum Gasteiger partial charge on any atom is -0.383 e. The van der Waals surface area contributed by atoms with E-state index in [4.69, 9.17) is 10.9 Å². The van der Waals surface area contributed by atoms with Gasteiger partial charge in [-0.3, -0.25) is 9.59 Å². The second-order valence-electron chi connectivity index (χ2n) is 7.65. The van der Waals surface area contributed by atoms with Gasteiger partial charge in [-0.1, -0.05) is 19.1 Å². The van der Waals surface area contributed by atoms with E-state index >= 15 is 0 Å². The van der Waals surface area contributed by atoms with Crippen LogP contribution in [0.3, 0.4) is 0 Å². The van der Waals surface area contributed by atoms with E-state index in [-0.39, 0.29) is 10.8 Å². The molecule has 1 fully saturated rings. The highest BCUT2D eigenvalue weighted by molar-refractivity contribution is 7.89. The number of rotatable bonds is 3. The van der Waals surface area contributed by atoms with Gasteiger partial charge >= 0.3 is 11.8 Å². The maximum absolute atomic E-state index is 13.0. The van der Waals surface area contributed by atoms with Crippen molar-refractivity contribution in [2.45, 2.75) is 37.6 Å². The van der Waals surface area contributed by atoms with Crippen LogP contribution in [0.2, 0.25) is 0 Å². The Balaban J connectivity index is 1.86. The van der Waals surface area contributed by atoms with Gasteiger partial charge in [0.05, 0.1) is 22.8 Å². The van der Waals surface area contributed by atoms with Gasteiger partial charge in [0, 0.05) is 6.54 Å². The van der Waals surface area contributed by atoms with Crippen molar-refractivity contribution in [3.05, 3.63) is 47.7 Å². The highest BCUT2D eigenvalue weighted by Gasteiger charge is 2.34. The Bertz CT molecular complexity index is 1090. The molecule has 2 atom stereocenters. The topological polar surface area (TPSA) is 148 Å². The number of aromatic nitrogens is 1. The number of hydrogen-bond donors (Lipinski definition) is 3. The van der Waals surface area contributed by atoms with E-state index in [9.17, 15) is 18.0 Å². The number of hydrogen-bond acceptors (Lipinski definition) is 6. The number of amides is 2. The molecular weight excluding hydrogens is 406 g/mol. The van der Waals surface area contributed by atoms with Gasteiger partial charge in [0.2, 0.25) is 10.0 Å². The van der Waals surface area contributed by atoms with Gasteiger partial charge in [0.25, 0.3) is 0 Å². The summed E-state index contributed by atoms with van der Waals surface area (Å²) in [7, 11) is -3.88. The SMILES string of the molecule is Cc1cc(NC(=O)C(=O)N2CC(C)CCC2c2cccc(S(N)(=O)=O)c2)cnc1N. The highest BCUT2D eigenvalue weighted by atomic mass is 32.2. The predicted molar refractivity (Wildman–Crippen MR) is 113 cm³/mol. The normalized spacial score (nSPS) is 19.4. The Morgan fingerprint density at radius 2 is 1.97 bits per heavy atom. The zero-order valence-corrected chi connectivity index (χ0v) is 17.6. The summed E-state index contributed by atoms with van der Waals surface area (Å²) in [5, 5.41) is 7.81. The van der Waals surface area contributed by atoms with Crippen molar-refractivity contribution in [1.29, 1.82) is 0 Å². The van der Waals surface area contributed by atoms with Crippen LogP contribution in [-0.4, -0.2) is 36.7 Å². The van der Waals surface area contributed by atoms with Crippen molar-refractivity contribution in [3.8, 4) is 0 Å². The molecule has 1 saturated heterocycles. The predicted octanol–water partition coefficient (Wildman–Crippen LogP) is 1.56. The Morgan fingerprint density at radius 3 is 2.63 bits per heavy atom. The third-order valence-electron chi connectivity index (χ3n) is 5.22. The summed E-state index contributed by atoms with van der Waals surface area (Å²) < 4.78 is 23.4. The summed E-state index contributed by atoms with van der Waals surface area (Å²) >= 11 is 0. The van der Waals surface area contributed by atoms with E-state index in [0.717, 1.165) is 6.42 Å². The van der Waals surface area contributed by atoms with Crippen molar-refractivity contribution in [3.63, 3.8) is 0 Å². The average Bonchev–Trinajstić information content (AvgIpc) is 2.69. The molecule has 5 N–H and O–H groups in total. The van der Waals surface area contributed by atoms with Crippen LogP contribution in [0.25, 0.3) is 0 Å². The van der Waals surface area contributed by atoms with Crippen LogP contribution in [0.1, 0.15) is 36.9 Å². The second kappa shape index (κ2) is 8.41. The van der Waals surface area contributed by atoms with Crippen LogP contribution in [0.5, 0.6) is 0 Å². The number of pyridine rings is 1. The number of nitrogen functional groups attached to an aromatic ring is 1. The standard InChI is InChI=1S/C20H25N5O4S/c1-12-6-7-17(14-4-3-5-16(9-14)30(22,28)29)25(11-12)20(27)19(26)24-15-8-13(2)18(21)23-10-15/h3-5,8-10,12,17H,6-7,11H2,1-2H3,(H2,21,23)(H,24,26)(H2,22,28,29). The Kier molecular flexibility index (Phi) is 6.09. The van der Waals surface area contributed by atoms with E-state index in [2.05, 4.69) is 10.3 Å². The summed E-state index contributed by atoms with van der Waals surface area (Å²) in [4.78, 5) is 31.1. The van der Waals surface area contributed by atoms with Gasteiger partial charge in [-0.2, -0.15) is 0 Å². The van der Waals surface area contributed by atoms with Gasteiger partial charge in [-0.15, -0.1) is 0 Å². The number of carbonyl (C=O) groups is 2. The number of benzene rings is 1. The molecule has 1 aliphatic heterocycles. The number of primary sulfonamides is 1. The molecule has 2 amide bonds. The van der Waals surface area contributed by atoms with Crippen molar-refractivity contribution in [2.75, 3.05) is 17.6 Å². The monoisotopic (exact) mass is 431 g/mol. The molecule has 3 rings (SSSR count). The molecule has 0 aliphatic carbocycles. The van der Waals surface area contributed by atoms with Gasteiger partial charge in [-0.05, 0) is 55.0 Å². The first-order chi connectivity index (χ1) is 14.1. The maximum Gasteiger partial charge on any atom is 0.313 e. The fourth-order valence-electron chi connectivity index (χ4n) is 3.59. The fraction of sp³-hybridized carbons (Fsp3) is 0.350. The molecule has 0 spiro atoms. The number of sulfonamides is 1. The first-order valence-corrected chi connectivity index (χ1v) is 11.1. The minimum atomic E-state index is -3.88. The molecule has 1 aliphatic rings. The summed E-state index contributed by atoms with van der Waals surface area (Å²) in [6.07, 6.45) is 2.84. The van der Waals surface area contributed by atoms with Crippen LogP contribution < -0.4 is 16.2 Å². The molecule has 1 aromatic carbocycles. The quantitative estimate of drug-likeness (QED) is 0.628. The van der Waals surface area contributed by atoms with Gasteiger partial charge < -0.3 is 16.0 Å². The van der Waals surface area contributed by atoms with E-state index in [1.165, 1.54) is 23.2 Å². The van der Waals surface area contributed by atoms with Crippen LogP contribution in [-0.2, 0) is 19.6 Å². The Hall–Kier alpha value is -2.98. The van der Waals surface area contributed by atoms with Gasteiger partial charge in [0.15, 0.2) is 0 Å². The lowest BCUT2D eigenvalue weighted by molar-refractivity contribution is -0.146. The summed E-state index contributed by atoms with van der Waals surface area (Å²) in [5.74, 6) is -0.927. The van der Waals surface area contributed by atoms with E-state index < -0.39 is 27.9 Å². The van der Waals surface area contributed by atoms with Crippen LogP contribution in [0, 0.1) is 12.8 Å². The first-order valence-electron chi connectivity index (χ1n) is 9.53. The van der Waals surface area contributed by atoms with E-state index in [1.54, 1.807) is 25.1 Å². The Labute approximate surface area is 175 Å². The van der Waals surface area contributed by atoms with Crippen LogP contribution >= 0.6 is 0 Å². The number of nitrogens with two attached hydrogens (primary N) is 2. The first kappa shape index (κ1) is 21.7. The molecule has 9 nitrogen and oxygen atoms in total. The molecule has 0 saturated carbocycles. The lowest BCUT2D eigenvalue weighted by Crippen LogP contribution is -2.46. The number of aryl methyl sites for hydroxylation is 1. The number of anilines is 2. The summed E-state index contributed by atoms with van der Waals surface area (Å²) in [6, 6.07) is 7.40. The lowest BCUT2D eigenvalue weighted by Gasteiger charge is -2.38. The smallest absolute Gasteiger partial charge is 0.313 e. The second-order valence-corrected chi connectivity index (χ2v) is 9.22. The number of nitrogens with one attached hydrogen (secondary N) is 1. The summed E-state index contributed by atoms with van der Waals surface area (Å²) in [5.41, 5.74) is 7.37. The zero-order valence-electron chi connectivity index (χ0n) is 16.8. The number of piperidine rings is 1. The Morgan fingerprint density at radius 1 is 1.23 bits per heavy atom. The molecule has 0 bridgehead atoms. The van der Waals surface area contributed by atoms with Crippen LogP contribution in [0.15, 0.2) is 41.4 Å². The average molecular weight is 432 g/mol. The van der Waals surface area contributed by atoms with Gasteiger partial charge in [-0.25, -0.2) is 18.5 Å². The molecule has 2 unspecified atom stereocenters. The molecule has 1 aromatic heterocycles. The zero-order chi connectivity index (χ0) is 22.1. The third kappa shape index (κ3) is 4.77. The molecule has 30 heavy (non-hydrogen) atoms. The van der Waals surface area contributed by atoms with Crippen molar-refractivity contribution >= 4 is 33.3 Å². The number of nitrogens with zero attached hydrogens (tertiary/aromatic N) is 2. The van der Waals surface area contributed by atoms with Crippen LogP contribution in [0.4, 0.5) is 11.5 Å². The lowest BCUT2D eigenvalue weighted by atomic mass is 9.90. The van der Waals surface area contributed by atoms with E-state index in [1.807, 2.05) is 6.92 Å². The van der Waals surface area contributed by atoms with Crippen molar-refractivity contribution < 1.29 is 18.0 Å². The maximum atomic E-state index is 13.0. The van der Waals surface area contributed by atoms with Crippen molar-refractivity contribution in [2.24, 2.45) is 11.1 Å². The van der Waals surface area contributed by atoms with E-state index in [0.29, 0.717) is 35.6 Å². The highest BCUT2D eigenvalue weighted by Crippen LogP contribution is 2.34. The molecule has 0 radical (unpaired) electrons. The third-order valence-corrected chi connectivity index (χ3v) is 6.13. The number of likely N-dealkylation sites (tertiary alicyclic amines) is 1. The molecule has 160 valence electrons. The molecular formula is C20H25N5O4S. The molecule has 10 heteroatoms. The van der Waals surface area contributed by atoms with Gasteiger partial charge in [0.1, 0.15) is 5.82 Å². The minimum absolute atomic E-state index is 0.0288. The number of carbonyl (C=O) groups excluding carboxylic acids is 2. The summed E-state index contributed by atoms with van der Waals surface area (Å²) in [6.45, 7) is 4.14. The molecule has 2 aromatic rings. The largest absolute Gasteiger partial charge is 0.383 e. The fourth-order valence-corrected chi connectivity index (χ4v) is 4.16. The van der Waals surface area contributed by atoms with Crippen molar-refractivity contribution in [1.82, 2.24) is 9.88 Å². The molecule has 2 heterocycles.